The molecule has 1 heterocycles. The number of nitrogens with zero attached hydrogens (tertiary/aromatic N) is 1. The second-order valence-corrected chi connectivity index (χ2v) is 14.0. The van der Waals surface area contributed by atoms with Gasteiger partial charge in [0.25, 0.3) is 0 Å². The van der Waals surface area contributed by atoms with Crippen molar-refractivity contribution in [3.05, 3.63) is 59.7 Å². The number of sulfonamides is 2. The summed E-state index contributed by atoms with van der Waals surface area (Å²) in [6.45, 7) is 3.23. The molecule has 0 aliphatic carbocycles. The average Bonchev–Trinajstić information content (AvgIpc) is 3.08. The fraction of sp³-hybridized carbons (Fsp3) is 0.455. The smallest absolute Gasteiger partial charge is 0.243 e. The number of aryl methyl sites for hydroxylation is 2. The van der Waals surface area contributed by atoms with Crippen molar-refractivity contribution in [1.29, 1.82) is 0 Å². The van der Waals surface area contributed by atoms with Gasteiger partial charge >= 0.3 is 0 Å². The number of rotatable bonds is 10. The Morgan fingerprint density at radius 1 is 0.882 bits per heavy atom. The summed E-state index contributed by atoms with van der Waals surface area (Å²) in [5, 5.41) is 10.4. The van der Waals surface area contributed by atoms with Gasteiger partial charge in [0.1, 0.15) is 0 Å². The van der Waals surface area contributed by atoms with Gasteiger partial charge in [0.2, 0.25) is 20.0 Å². The van der Waals surface area contributed by atoms with Crippen molar-refractivity contribution in [2.24, 2.45) is 0 Å². The van der Waals surface area contributed by atoms with E-state index in [2.05, 4.69) is 4.72 Å². The van der Waals surface area contributed by atoms with Crippen LogP contribution < -0.4 is 4.72 Å². The van der Waals surface area contributed by atoms with Crippen LogP contribution in [0.25, 0.3) is 0 Å². The Morgan fingerprint density at radius 2 is 1.38 bits per heavy atom. The second kappa shape index (κ2) is 10.4. The van der Waals surface area contributed by atoms with E-state index in [9.17, 15) is 30.4 Å². The fourth-order valence-electron chi connectivity index (χ4n) is 3.86. The summed E-state index contributed by atoms with van der Waals surface area (Å²) < 4.78 is 79.6. The Labute approximate surface area is 201 Å². The SMILES string of the molecule is CCc1ccc(S(=O)(=O)NCCN([C@@H]2CS(=O)(=O)C[C@H]2O)S(=O)(=O)c2ccc(CC)cc2)cc1. The molecule has 0 bridgehead atoms. The molecule has 1 saturated heterocycles. The molecule has 0 amide bonds. The molecule has 2 aromatic rings. The van der Waals surface area contributed by atoms with Gasteiger partial charge in [0, 0.05) is 13.1 Å². The highest BCUT2D eigenvalue weighted by atomic mass is 32.2. The summed E-state index contributed by atoms with van der Waals surface area (Å²) in [6.07, 6.45) is 0.0600. The Balaban J connectivity index is 1.85. The van der Waals surface area contributed by atoms with Crippen molar-refractivity contribution in [3.8, 4) is 0 Å². The van der Waals surface area contributed by atoms with Gasteiger partial charge in [-0.2, -0.15) is 4.31 Å². The monoisotopic (exact) mass is 530 g/mol. The first-order chi connectivity index (χ1) is 15.9. The van der Waals surface area contributed by atoms with E-state index in [1.54, 1.807) is 24.3 Å². The van der Waals surface area contributed by atoms with Gasteiger partial charge in [-0.1, -0.05) is 38.1 Å². The van der Waals surface area contributed by atoms with E-state index in [0.29, 0.717) is 6.42 Å². The molecule has 9 nitrogen and oxygen atoms in total. The van der Waals surface area contributed by atoms with Crippen molar-refractivity contribution in [1.82, 2.24) is 9.03 Å². The molecular formula is C22H30N2O7S3. The largest absolute Gasteiger partial charge is 0.390 e. The van der Waals surface area contributed by atoms with Crippen LogP contribution in [0.2, 0.25) is 0 Å². The van der Waals surface area contributed by atoms with Crippen LogP contribution in [0.1, 0.15) is 25.0 Å². The molecule has 0 spiro atoms. The predicted molar refractivity (Wildman–Crippen MR) is 129 cm³/mol. The minimum atomic E-state index is -4.21. The van der Waals surface area contributed by atoms with Gasteiger partial charge in [-0.25, -0.2) is 30.0 Å². The van der Waals surface area contributed by atoms with E-state index in [1.165, 1.54) is 24.3 Å². The normalized spacial score (nSPS) is 20.6. The predicted octanol–water partition coefficient (Wildman–Crippen LogP) is 0.939. The van der Waals surface area contributed by atoms with E-state index >= 15 is 0 Å². The maximum Gasteiger partial charge on any atom is 0.243 e. The van der Waals surface area contributed by atoms with Crippen LogP contribution in [0.15, 0.2) is 58.3 Å². The topological polar surface area (TPSA) is 138 Å². The summed E-state index contributed by atoms with van der Waals surface area (Å²) in [7, 11) is -11.8. The molecule has 188 valence electrons. The minimum absolute atomic E-state index is 0.0396. The first kappa shape index (κ1) is 26.8. The van der Waals surface area contributed by atoms with E-state index < -0.39 is 53.5 Å². The van der Waals surface area contributed by atoms with Crippen molar-refractivity contribution >= 4 is 29.9 Å². The van der Waals surface area contributed by atoms with Crippen molar-refractivity contribution in [2.75, 3.05) is 24.6 Å². The third-order valence-corrected chi connectivity index (χ3v) is 11.0. The molecule has 2 N–H and O–H groups in total. The summed E-state index contributed by atoms with van der Waals surface area (Å²) in [5.74, 6) is -1.08. The van der Waals surface area contributed by atoms with Crippen molar-refractivity contribution in [3.63, 3.8) is 0 Å². The van der Waals surface area contributed by atoms with Gasteiger partial charge < -0.3 is 5.11 Å². The van der Waals surface area contributed by atoms with Crippen LogP contribution in [-0.2, 0) is 42.7 Å². The molecular weight excluding hydrogens is 500 g/mol. The molecule has 3 rings (SSSR count). The Kier molecular flexibility index (Phi) is 8.21. The number of aliphatic hydroxyl groups excluding tert-OH is 1. The quantitative estimate of drug-likeness (QED) is 0.466. The van der Waals surface area contributed by atoms with Crippen LogP contribution in [0.5, 0.6) is 0 Å². The van der Waals surface area contributed by atoms with Gasteiger partial charge in [-0.3, -0.25) is 0 Å². The summed E-state index contributed by atoms with van der Waals surface area (Å²) >= 11 is 0. The lowest BCUT2D eigenvalue weighted by atomic mass is 10.2. The van der Waals surface area contributed by atoms with Crippen LogP contribution in [0.3, 0.4) is 0 Å². The molecule has 0 radical (unpaired) electrons. The Morgan fingerprint density at radius 3 is 1.82 bits per heavy atom. The van der Waals surface area contributed by atoms with Crippen LogP contribution in [0, 0.1) is 0 Å². The molecule has 12 heteroatoms. The lowest BCUT2D eigenvalue weighted by molar-refractivity contribution is 0.128. The van der Waals surface area contributed by atoms with E-state index in [1.807, 2.05) is 13.8 Å². The third-order valence-electron chi connectivity index (χ3n) is 5.87. The fourth-order valence-corrected chi connectivity index (χ4v) is 8.43. The summed E-state index contributed by atoms with van der Waals surface area (Å²) in [5.41, 5.74) is 1.90. The highest BCUT2D eigenvalue weighted by molar-refractivity contribution is 7.92. The van der Waals surface area contributed by atoms with Gasteiger partial charge in [0.15, 0.2) is 9.84 Å². The third kappa shape index (κ3) is 6.04. The number of hydrogen-bond donors (Lipinski definition) is 2. The van der Waals surface area contributed by atoms with Crippen molar-refractivity contribution in [2.45, 2.75) is 48.6 Å². The number of benzene rings is 2. The number of hydrogen-bond acceptors (Lipinski definition) is 7. The molecule has 0 unspecified atom stereocenters. The summed E-state index contributed by atoms with van der Waals surface area (Å²) in [4.78, 5) is -0.0167. The summed E-state index contributed by atoms with van der Waals surface area (Å²) in [6, 6.07) is 11.3. The Bertz CT molecular complexity index is 1310. The molecule has 0 aromatic heterocycles. The molecule has 1 aliphatic rings. The first-order valence-electron chi connectivity index (χ1n) is 11.0. The lowest BCUT2D eigenvalue weighted by Gasteiger charge is -2.29. The maximum absolute atomic E-state index is 13.4. The second-order valence-electron chi connectivity index (χ2n) is 8.22. The number of aliphatic hydroxyl groups is 1. The van der Waals surface area contributed by atoms with E-state index in [-0.39, 0.29) is 22.9 Å². The number of sulfone groups is 1. The molecule has 34 heavy (non-hydrogen) atoms. The zero-order chi connectivity index (χ0) is 25.1. The average molecular weight is 531 g/mol. The highest BCUT2D eigenvalue weighted by Gasteiger charge is 2.44. The molecule has 1 aliphatic heterocycles. The van der Waals surface area contributed by atoms with Crippen LogP contribution in [0.4, 0.5) is 0 Å². The number of nitrogens with one attached hydrogen (secondary N) is 1. The minimum Gasteiger partial charge on any atom is -0.390 e. The maximum atomic E-state index is 13.4. The molecule has 2 atom stereocenters. The van der Waals surface area contributed by atoms with Gasteiger partial charge in [0.05, 0.1) is 33.4 Å². The van der Waals surface area contributed by atoms with Crippen molar-refractivity contribution < 1.29 is 30.4 Å². The van der Waals surface area contributed by atoms with Gasteiger partial charge in [-0.05, 0) is 48.2 Å². The highest BCUT2D eigenvalue weighted by Crippen LogP contribution is 2.25. The van der Waals surface area contributed by atoms with Crippen LogP contribution >= 0.6 is 0 Å². The van der Waals surface area contributed by atoms with E-state index in [4.69, 9.17) is 0 Å². The molecule has 2 aromatic carbocycles. The zero-order valence-electron chi connectivity index (χ0n) is 19.1. The lowest BCUT2D eigenvalue weighted by Crippen LogP contribution is -2.49. The molecule has 1 fully saturated rings. The standard InChI is InChI=1S/C22H30N2O7S3/c1-3-17-5-9-19(10-6-17)33(28,29)23-13-14-24(21-15-32(26,27)16-22(21)25)34(30,31)20-11-7-18(4-2)8-12-20/h5-12,21-23,25H,3-4,13-16H2,1-2H3/t21-,22-/m1/s1. The van der Waals surface area contributed by atoms with Crippen LogP contribution in [-0.4, -0.2) is 71.4 Å². The Hall–Kier alpha value is -1.83. The zero-order valence-corrected chi connectivity index (χ0v) is 21.5. The first-order valence-corrected chi connectivity index (χ1v) is 15.7. The van der Waals surface area contributed by atoms with Gasteiger partial charge in [-0.15, -0.1) is 0 Å². The molecule has 0 saturated carbocycles. The van der Waals surface area contributed by atoms with E-state index in [0.717, 1.165) is 21.9 Å².